The molecule has 0 bridgehead atoms. The first kappa shape index (κ1) is 25.4. The highest BCUT2D eigenvalue weighted by Crippen LogP contribution is 2.30. The van der Waals surface area contributed by atoms with Crippen LogP contribution in [0.15, 0.2) is 78.9 Å². The van der Waals surface area contributed by atoms with Crippen molar-refractivity contribution in [2.24, 2.45) is 0 Å². The molecular formula is C31H31N3O4. The lowest BCUT2D eigenvalue weighted by molar-refractivity contribution is -0.140. The van der Waals surface area contributed by atoms with Crippen molar-refractivity contribution in [1.82, 2.24) is 14.5 Å². The molecule has 0 amide bonds. The van der Waals surface area contributed by atoms with Gasteiger partial charge in [-0.15, -0.1) is 0 Å². The lowest BCUT2D eigenvalue weighted by Crippen LogP contribution is -2.11. The molecule has 3 aromatic carbocycles. The first-order valence-corrected chi connectivity index (χ1v) is 12.8. The number of aryl methyl sites for hydroxylation is 3. The van der Waals surface area contributed by atoms with Crippen LogP contribution in [0, 0.1) is 0 Å². The third-order valence-corrected chi connectivity index (χ3v) is 6.59. The molecule has 38 heavy (non-hydrogen) atoms. The molecule has 0 radical (unpaired) electrons. The van der Waals surface area contributed by atoms with Gasteiger partial charge in [0.15, 0.2) is 0 Å². The van der Waals surface area contributed by atoms with Crippen LogP contribution in [-0.4, -0.2) is 47.9 Å². The minimum Gasteiger partial charge on any atom is -0.489 e. The summed E-state index contributed by atoms with van der Waals surface area (Å²) in [6.07, 6.45) is 2.37. The van der Waals surface area contributed by atoms with Gasteiger partial charge in [-0.3, -0.25) is 9.36 Å². The quantitative estimate of drug-likeness (QED) is 0.173. The highest BCUT2D eigenvalue weighted by Gasteiger charge is 2.18. The number of aromatic nitrogens is 3. The van der Waals surface area contributed by atoms with Gasteiger partial charge in [-0.2, -0.15) is 0 Å². The van der Waals surface area contributed by atoms with Gasteiger partial charge in [-0.25, -0.2) is 9.97 Å². The number of benzene rings is 3. The predicted octanol–water partition coefficient (Wildman–Crippen LogP) is 5.49. The summed E-state index contributed by atoms with van der Waals surface area (Å²) in [4.78, 5) is 22.1. The van der Waals surface area contributed by atoms with Gasteiger partial charge >= 0.3 is 5.97 Å². The Kier molecular flexibility index (Phi) is 7.95. The van der Waals surface area contributed by atoms with Gasteiger partial charge in [0.1, 0.15) is 17.9 Å². The first-order valence-electron chi connectivity index (χ1n) is 12.8. The Balaban J connectivity index is 1.65. The number of carbonyl (C=O) groups is 1. The summed E-state index contributed by atoms with van der Waals surface area (Å²) in [5, 5.41) is 2.03. The Morgan fingerprint density at radius 1 is 0.842 bits per heavy atom. The van der Waals surface area contributed by atoms with Crippen molar-refractivity contribution in [2.45, 2.75) is 25.7 Å². The second-order valence-electron chi connectivity index (χ2n) is 9.06. The van der Waals surface area contributed by atoms with Crippen molar-refractivity contribution in [3.8, 4) is 11.7 Å². The normalized spacial score (nSPS) is 11.2. The van der Waals surface area contributed by atoms with Gasteiger partial charge in [0.25, 0.3) is 0 Å². The number of methoxy groups -OCH3 is 2. The Bertz CT molecular complexity index is 1550. The Morgan fingerprint density at radius 3 is 2.47 bits per heavy atom. The topological polar surface area (TPSA) is 75.5 Å². The Labute approximate surface area is 222 Å². The van der Waals surface area contributed by atoms with Gasteiger partial charge in [-0.1, -0.05) is 60.7 Å². The molecule has 0 aliphatic carbocycles. The molecule has 2 heterocycles. The van der Waals surface area contributed by atoms with Crippen LogP contribution in [0.1, 0.15) is 23.4 Å². The van der Waals surface area contributed by atoms with Crippen LogP contribution >= 0.6 is 0 Å². The number of carbonyl (C=O) groups excluding carboxylic acids is 1. The van der Waals surface area contributed by atoms with Crippen LogP contribution in [0.5, 0.6) is 5.75 Å². The van der Waals surface area contributed by atoms with Crippen LogP contribution in [-0.2, 0) is 33.5 Å². The molecule has 0 unspecified atom stereocenters. The maximum absolute atomic E-state index is 12.0. The lowest BCUT2D eigenvalue weighted by Gasteiger charge is -2.15. The van der Waals surface area contributed by atoms with Crippen molar-refractivity contribution < 1.29 is 19.0 Å². The summed E-state index contributed by atoms with van der Waals surface area (Å²) in [5.74, 6) is 1.000. The van der Waals surface area contributed by atoms with E-state index < -0.39 is 0 Å². The predicted molar refractivity (Wildman–Crippen MR) is 148 cm³/mol. The molecule has 7 nitrogen and oxygen atoms in total. The highest BCUT2D eigenvalue weighted by molar-refractivity contribution is 5.88. The third kappa shape index (κ3) is 5.53. The zero-order valence-electron chi connectivity index (χ0n) is 21.7. The largest absolute Gasteiger partial charge is 0.489 e. The average Bonchev–Trinajstić information content (AvgIpc) is 3.33. The molecule has 5 aromatic rings. The van der Waals surface area contributed by atoms with Crippen LogP contribution in [0.4, 0.5) is 0 Å². The van der Waals surface area contributed by atoms with Crippen LogP contribution in [0.25, 0.3) is 27.8 Å². The van der Waals surface area contributed by atoms with E-state index in [2.05, 4.69) is 53.1 Å². The summed E-state index contributed by atoms with van der Waals surface area (Å²) in [6, 6.07) is 26.6. The van der Waals surface area contributed by atoms with Gasteiger partial charge in [-0.05, 0) is 43.0 Å². The average molecular weight is 510 g/mol. The molecule has 2 aromatic heterocycles. The SMILES string of the molecule is COCCOc1cccc2c(CCc3ccccc3)nc(-n3c(CCC(=O)OC)cc4ccccc43)nc12. The third-order valence-electron chi connectivity index (χ3n) is 6.59. The van der Waals surface area contributed by atoms with Crippen molar-refractivity contribution >= 4 is 27.8 Å². The van der Waals surface area contributed by atoms with Crippen LogP contribution in [0.3, 0.4) is 0 Å². The Morgan fingerprint density at radius 2 is 1.66 bits per heavy atom. The van der Waals surface area contributed by atoms with E-state index >= 15 is 0 Å². The molecule has 0 saturated heterocycles. The minimum atomic E-state index is -0.251. The summed E-state index contributed by atoms with van der Waals surface area (Å²) in [6.45, 7) is 0.903. The summed E-state index contributed by atoms with van der Waals surface area (Å²) >= 11 is 0. The monoisotopic (exact) mass is 509 g/mol. The van der Waals surface area contributed by atoms with E-state index in [-0.39, 0.29) is 12.4 Å². The number of esters is 1. The van der Waals surface area contributed by atoms with E-state index in [4.69, 9.17) is 24.2 Å². The molecule has 0 atom stereocenters. The highest BCUT2D eigenvalue weighted by atomic mass is 16.5. The number of ether oxygens (including phenoxy) is 3. The fourth-order valence-corrected chi connectivity index (χ4v) is 4.69. The van der Waals surface area contributed by atoms with E-state index in [0.29, 0.717) is 31.3 Å². The Hall–Kier alpha value is -4.23. The maximum atomic E-state index is 12.0. The van der Waals surface area contributed by atoms with Crippen LogP contribution < -0.4 is 4.74 Å². The standard InChI is InChI=1S/C31H31N3O4/c1-36-19-20-38-28-14-8-12-25-26(17-15-22-9-4-3-5-10-22)32-31(33-30(25)28)34-24(16-18-29(35)37-2)21-23-11-6-7-13-27(23)34/h3-14,21H,15-20H2,1-2H3. The summed E-state index contributed by atoms with van der Waals surface area (Å²) < 4.78 is 18.2. The van der Waals surface area contributed by atoms with E-state index in [0.717, 1.165) is 46.0 Å². The lowest BCUT2D eigenvalue weighted by atomic mass is 10.0. The number of hydrogen-bond acceptors (Lipinski definition) is 6. The van der Waals surface area contributed by atoms with Crippen molar-refractivity contribution in [2.75, 3.05) is 27.4 Å². The molecule has 194 valence electrons. The maximum Gasteiger partial charge on any atom is 0.305 e. The van der Waals surface area contributed by atoms with Gasteiger partial charge < -0.3 is 14.2 Å². The van der Waals surface area contributed by atoms with Crippen molar-refractivity contribution in [1.29, 1.82) is 0 Å². The second kappa shape index (κ2) is 11.9. The minimum absolute atomic E-state index is 0.251. The zero-order valence-corrected chi connectivity index (χ0v) is 21.7. The molecule has 0 N–H and O–H groups in total. The van der Waals surface area contributed by atoms with E-state index in [9.17, 15) is 4.79 Å². The van der Waals surface area contributed by atoms with E-state index in [1.54, 1.807) is 7.11 Å². The fourth-order valence-electron chi connectivity index (χ4n) is 4.69. The number of fused-ring (bicyclic) bond motifs is 2. The van der Waals surface area contributed by atoms with E-state index in [1.807, 2.05) is 30.3 Å². The molecule has 7 heteroatoms. The van der Waals surface area contributed by atoms with Gasteiger partial charge in [0.2, 0.25) is 5.95 Å². The van der Waals surface area contributed by atoms with E-state index in [1.165, 1.54) is 12.7 Å². The molecular weight excluding hydrogens is 478 g/mol. The number of rotatable bonds is 11. The number of hydrogen-bond donors (Lipinski definition) is 0. The summed E-state index contributed by atoms with van der Waals surface area (Å²) in [5.41, 5.74) is 4.89. The molecule has 0 aliphatic heterocycles. The molecule has 5 rings (SSSR count). The molecule has 0 saturated carbocycles. The van der Waals surface area contributed by atoms with Crippen LogP contribution in [0.2, 0.25) is 0 Å². The van der Waals surface area contributed by atoms with Gasteiger partial charge in [0.05, 0.1) is 31.3 Å². The molecule has 0 aliphatic rings. The molecule has 0 fully saturated rings. The van der Waals surface area contributed by atoms with Gasteiger partial charge in [0, 0.05) is 23.6 Å². The summed E-state index contributed by atoms with van der Waals surface area (Å²) in [7, 11) is 3.07. The smallest absolute Gasteiger partial charge is 0.305 e. The van der Waals surface area contributed by atoms with Crippen molar-refractivity contribution in [3.63, 3.8) is 0 Å². The first-order chi connectivity index (χ1) is 18.7. The molecule has 0 spiro atoms. The number of para-hydroxylation sites is 2. The van der Waals surface area contributed by atoms with Crippen molar-refractivity contribution in [3.05, 3.63) is 95.8 Å². The number of nitrogens with zero attached hydrogens (tertiary/aromatic N) is 3. The zero-order chi connectivity index (χ0) is 26.3. The second-order valence-corrected chi connectivity index (χ2v) is 9.06. The fraction of sp³-hybridized carbons (Fsp3) is 0.258.